The van der Waals surface area contributed by atoms with Crippen LogP contribution in [0.4, 0.5) is 0 Å². The van der Waals surface area contributed by atoms with E-state index in [0.717, 1.165) is 24.0 Å². The molecule has 0 bridgehead atoms. The molecule has 1 aromatic rings. The lowest BCUT2D eigenvalue weighted by Crippen LogP contribution is -2.34. The Hall–Kier alpha value is -1.57. The number of rotatable bonds is 2. The standard InChI is InChI=1S/C18H24O2/c1-12(11-15(19)20)13-7-6-8-14-16(13)18(4,5)10-9-17(14,2)3/h6-8,11H,9-10H2,1-5H3,(H,19,20). The molecule has 0 saturated carbocycles. The maximum absolute atomic E-state index is 11.0. The Morgan fingerprint density at radius 2 is 1.75 bits per heavy atom. The van der Waals surface area contributed by atoms with Gasteiger partial charge < -0.3 is 5.11 Å². The van der Waals surface area contributed by atoms with Gasteiger partial charge >= 0.3 is 5.97 Å². The third-order valence-electron chi connectivity index (χ3n) is 4.61. The van der Waals surface area contributed by atoms with Crippen molar-refractivity contribution in [3.63, 3.8) is 0 Å². The summed E-state index contributed by atoms with van der Waals surface area (Å²) < 4.78 is 0. The zero-order valence-electron chi connectivity index (χ0n) is 13.1. The molecule has 0 radical (unpaired) electrons. The van der Waals surface area contributed by atoms with Gasteiger partial charge in [-0.2, -0.15) is 0 Å². The summed E-state index contributed by atoms with van der Waals surface area (Å²) in [7, 11) is 0. The molecule has 2 nitrogen and oxygen atoms in total. The third kappa shape index (κ3) is 2.52. The van der Waals surface area contributed by atoms with E-state index >= 15 is 0 Å². The number of carboxylic acid groups (broad SMARTS) is 1. The van der Waals surface area contributed by atoms with Crippen molar-refractivity contribution in [1.82, 2.24) is 0 Å². The molecule has 0 atom stereocenters. The summed E-state index contributed by atoms with van der Waals surface area (Å²) in [4.78, 5) is 11.0. The first kappa shape index (κ1) is 14.8. The molecule has 0 amide bonds. The number of hydrogen-bond acceptors (Lipinski definition) is 1. The summed E-state index contributed by atoms with van der Waals surface area (Å²) in [5.74, 6) is -0.882. The lowest BCUT2D eigenvalue weighted by Gasteiger charge is -2.43. The highest BCUT2D eigenvalue weighted by molar-refractivity contribution is 5.90. The maximum Gasteiger partial charge on any atom is 0.328 e. The monoisotopic (exact) mass is 272 g/mol. The first-order valence-electron chi connectivity index (χ1n) is 7.21. The van der Waals surface area contributed by atoms with Crippen LogP contribution in [0.3, 0.4) is 0 Å². The fourth-order valence-corrected chi connectivity index (χ4v) is 3.32. The van der Waals surface area contributed by atoms with Crippen molar-refractivity contribution < 1.29 is 9.90 Å². The van der Waals surface area contributed by atoms with Crippen LogP contribution in [0, 0.1) is 0 Å². The molecule has 0 heterocycles. The van der Waals surface area contributed by atoms with Crippen molar-refractivity contribution in [1.29, 1.82) is 0 Å². The molecule has 1 aliphatic rings. The predicted octanol–water partition coefficient (Wildman–Crippen LogP) is 4.52. The minimum Gasteiger partial charge on any atom is -0.478 e. The van der Waals surface area contributed by atoms with Crippen LogP contribution < -0.4 is 0 Å². The fraction of sp³-hybridized carbons (Fsp3) is 0.500. The van der Waals surface area contributed by atoms with Crippen LogP contribution in [0.2, 0.25) is 0 Å². The van der Waals surface area contributed by atoms with Crippen molar-refractivity contribution >= 4 is 11.5 Å². The molecule has 0 spiro atoms. The van der Waals surface area contributed by atoms with Gasteiger partial charge in [0.15, 0.2) is 0 Å². The van der Waals surface area contributed by atoms with Gasteiger partial charge in [0.1, 0.15) is 0 Å². The van der Waals surface area contributed by atoms with Gasteiger partial charge in [-0.05, 0) is 52.9 Å². The molecule has 108 valence electrons. The molecule has 0 aliphatic heterocycles. The number of hydrogen-bond donors (Lipinski definition) is 1. The second kappa shape index (κ2) is 4.76. The quantitative estimate of drug-likeness (QED) is 0.803. The van der Waals surface area contributed by atoms with Crippen molar-refractivity contribution in [2.75, 3.05) is 0 Å². The number of allylic oxidation sites excluding steroid dienone is 1. The lowest BCUT2D eigenvalue weighted by molar-refractivity contribution is -0.131. The Kier molecular flexibility index (Phi) is 3.53. The largest absolute Gasteiger partial charge is 0.478 e. The molecule has 0 saturated heterocycles. The lowest BCUT2D eigenvalue weighted by atomic mass is 9.61. The molecule has 1 N–H and O–H groups in total. The molecule has 2 heteroatoms. The smallest absolute Gasteiger partial charge is 0.328 e. The van der Waals surface area contributed by atoms with E-state index in [4.69, 9.17) is 5.11 Å². The van der Waals surface area contributed by atoms with E-state index in [1.165, 1.54) is 17.2 Å². The van der Waals surface area contributed by atoms with Crippen LogP contribution in [0.5, 0.6) is 0 Å². The number of carboxylic acids is 1. The summed E-state index contributed by atoms with van der Waals surface area (Å²) >= 11 is 0. The number of fused-ring (bicyclic) bond motifs is 1. The van der Waals surface area contributed by atoms with Gasteiger partial charge in [-0.3, -0.25) is 0 Å². The Labute approximate surface area is 121 Å². The molecule has 1 aromatic carbocycles. The number of benzene rings is 1. The first-order chi connectivity index (χ1) is 9.15. The van der Waals surface area contributed by atoms with Crippen LogP contribution in [-0.4, -0.2) is 11.1 Å². The molecular weight excluding hydrogens is 248 g/mol. The van der Waals surface area contributed by atoms with Gasteiger partial charge in [-0.25, -0.2) is 4.79 Å². The van der Waals surface area contributed by atoms with Crippen molar-refractivity contribution in [2.45, 2.75) is 58.3 Å². The Morgan fingerprint density at radius 1 is 1.15 bits per heavy atom. The highest BCUT2D eigenvalue weighted by Crippen LogP contribution is 2.48. The highest BCUT2D eigenvalue weighted by Gasteiger charge is 2.38. The van der Waals surface area contributed by atoms with Crippen molar-refractivity contribution in [3.8, 4) is 0 Å². The van der Waals surface area contributed by atoms with Crippen molar-refractivity contribution in [3.05, 3.63) is 41.0 Å². The van der Waals surface area contributed by atoms with E-state index in [1.807, 2.05) is 6.92 Å². The maximum atomic E-state index is 11.0. The van der Waals surface area contributed by atoms with Gasteiger partial charge in [-0.15, -0.1) is 0 Å². The molecule has 1 aliphatic carbocycles. The zero-order valence-corrected chi connectivity index (χ0v) is 13.1. The summed E-state index contributed by atoms with van der Waals surface area (Å²) in [5.41, 5.74) is 4.86. The van der Waals surface area contributed by atoms with Gasteiger partial charge in [0, 0.05) is 6.08 Å². The molecule has 0 aromatic heterocycles. The van der Waals surface area contributed by atoms with E-state index in [0.29, 0.717) is 0 Å². The normalized spacial score (nSPS) is 20.4. The Morgan fingerprint density at radius 3 is 2.35 bits per heavy atom. The third-order valence-corrected chi connectivity index (χ3v) is 4.61. The summed E-state index contributed by atoms with van der Waals surface area (Å²) in [5, 5.41) is 9.01. The SMILES string of the molecule is CC(=CC(=O)O)c1cccc2c1C(C)(C)CCC2(C)C. The van der Waals surface area contributed by atoms with Crippen LogP contribution in [0.1, 0.15) is 64.2 Å². The molecule has 2 rings (SSSR count). The minimum atomic E-state index is -0.882. The van der Waals surface area contributed by atoms with Crippen molar-refractivity contribution in [2.24, 2.45) is 0 Å². The topological polar surface area (TPSA) is 37.3 Å². The van der Waals surface area contributed by atoms with E-state index < -0.39 is 5.97 Å². The average molecular weight is 272 g/mol. The van der Waals surface area contributed by atoms with Gasteiger partial charge in [0.25, 0.3) is 0 Å². The van der Waals surface area contributed by atoms with Crippen LogP contribution >= 0.6 is 0 Å². The second-order valence-electron chi connectivity index (χ2n) is 7.16. The van der Waals surface area contributed by atoms with E-state index in [1.54, 1.807) is 0 Å². The highest BCUT2D eigenvalue weighted by atomic mass is 16.4. The molecule has 0 fully saturated rings. The number of carbonyl (C=O) groups is 1. The van der Waals surface area contributed by atoms with E-state index in [2.05, 4.69) is 45.9 Å². The zero-order chi connectivity index (χ0) is 15.1. The molecular formula is C18H24O2. The summed E-state index contributed by atoms with van der Waals surface area (Å²) in [6.07, 6.45) is 3.61. The van der Waals surface area contributed by atoms with Gasteiger partial charge in [0.2, 0.25) is 0 Å². The van der Waals surface area contributed by atoms with Crippen LogP contribution in [-0.2, 0) is 15.6 Å². The van der Waals surface area contributed by atoms with Gasteiger partial charge in [0.05, 0.1) is 0 Å². The predicted molar refractivity (Wildman–Crippen MR) is 83.0 cm³/mol. The Balaban J connectivity index is 2.71. The summed E-state index contributed by atoms with van der Waals surface area (Å²) in [6.45, 7) is 11.0. The van der Waals surface area contributed by atoms with Crippen LogP contribution in [0.15, 0.2) is 24.3 Å². The summed E-state index contributed by atoms with van der Waals surface area (Å²) in [6, 6.07) is 6.31. The molecule has 20 heavy (non-hydrogen) atoms. The molecule has 0 unspecified atom stereocenters. The van der Waals surface area contributed by atoms with E-state index in [9.17, 15) is 4.79 Å². The van der Waals surface area contributed by atoms with Gasteiger partial charge in [-0.1, -0.05) is 45.9 Å². The number of aliphatic carboxylic acids is 1. The fourth-order valence-electron chi connectivity index (χ4n) is 3.32. The first-order valence-corrected chi connectivity index (χ1v) is 7.21. The second-order valence-corrected chi connectivity index (χ2v) is 7.16. The Bertz CT molecular complexity index is 577. The average Bonchev–Trinajstić information content (AvgIpc) is 2.34. The minimum absolute atomic E-state index is 0.0923. The van der Waals surface area contributed by atoms with E-state index in [-0.39, 0.29) is 10.8 Å². The van der Waals surface area contributed by atoms with Crippen LogP contribution in [0.25, 0.3) is 5.57 Å².